The van der Waals surface area contributed by atoms with Crippen molar-refractivity contribution in [2.75, 3.05) is 17.8 Å². The fraction of sp³-hybridized carbons (Fsp3) is 0.633. The zero-order valence-electron chi connectivity index (χ0n) is 27.8. The summed E-state index contributed by atoms with van der Waals surface area (Å²) in [6.07, 6.45) is 1.95. The van der Waals surface area contributed by atoms with Gasteiger partial charge in [-0.15, -0.1) is 0 Å². The molecule has 0 radical (unpaired) electrons. The zero-order chi connectivity index (χ0) is 33.4. The Bertz CT molecular complexity index is 1510. The van der Waals surface area contributed by atoms with E-state index < -0.39 is 23.3 Å². The maximum atomic E-state index is 11.6. The first kappa shape index (κ1) is 35.0. The molecule has 2 aliphatic heterocycles. The van der Waals surface area contributed by atoms with Crippen molar-refractivity contribution in [3.05, 3.63) is 52.6 Å². The third kappa shape index (κ3) is 6.43. The van der Waals surface area contributed by atoms with Gasteiger partial charge in [0.1, 0.15) is 0 Å². The molecule has 0 spiro atoms. The number of nitro groups is 1. The van der Waals surface area contributed by atoms with Crippen molar-refractivity contribution in [2.24, 2.45) is 0 Å². The molecule has 0 amide bonds. The Hall–Kier alpha value is -2.28. The number of hydrogen-bond acceptors (Lipinski definition) is 11. The number of nitrogens with zero attached hydrogens (tertiary/aromatic N) is 5. The Labute approximate surface area is 278 Å². The summed E-state index contributed by atoms with van der Waals surface area (Å²) in [5.41, 5.74) is 8.94. The van der Waals surface area contributed by atoms with E-state index in [0.29, 0.717) is 34.7 Å². The molecule has 2 saturated heterocycles. The van der Waals surface area contributed by atoms with Crippen molar-refractivity contribution in [1.82, 2.24) is 19.5 Å². The van der Waals surface area contributed by atoms with E-state index >= 15 is 0 Å². The van der Waals surface area contributed by atoms with Gasteiger partial charge in [0.25, 0.3) is 0 Å². The van der Waals surface area contributed by atoms with Crippen molar-refractivity contribution in [3.63, 3.8) is 0 Å². The second kappa shape index (κ2) is 14.1. The van der Waals surface area contributed by atoms with Crippen molar-refractivity contribution < 1.29 is 27.4 Å². The van der Waals surface area contributed by atoms with E-state index in [-0.39, 0.29) is 71.4 Å². The van der Waals surface area contributed by atoms with E-state index in [4.69, 9.17) is 28.2 Å². The molecule has 1 unspecified atom stereocenters. The Kier molecular flexibility index (Phi) is 10.7. The molecule has 252 valence electrons. The van der Waals surface area contributed by atoms with Gasteiger partial charge < -0.3 is 0 Å². The fourth-order valence-electron chi connectivity index (χ4n) is 6.67. The van der Waals surface area contributed by atoms with Gasteiger partial charge in [-0.1, -0.05) is 0 Å². The van der Waals surface area contributed by atoms with Gasteiger partial charge in [0.2, 0.25) is 0 Å². The number of nitrogen functional groups attached to an aromatic ring is 1. The van der Waals surface area contributed by atoms with Crippen LogP contribution in [0.15, 0.2) is 36.9 Å². The number of para-hydroxylation sites is 1. The molecule has 3 aromatic rings. The van der Waals surface area contributed by atoms with Crippen molar-refractivity contribution in [3.8, 4) is 0 Å². The zero-order valence-corrected chi connectivity index (χ0v) is 31.5. The minimum atomic E-state index is -2.93. The molecule has 2 N–H and O–H groups in total. The number of fused-ring (bicyclic) bond motifs is 2. The molecule has 0 saturated carbocycles. The third-order valence-electron chi connectivity index (χ3n) is 9.07. The normalized spacial score (nSPS) is 24.5. The molecule has 13 nitrogen and oxygen atoms in total. The number of aromatic nitrogens is 4. The number of nitrogens with two attached hydrogens (primary N) is 1. The van der Waals surface area contributed by atoms with Crippen LogP contribution < -0.4 is 5.73 Å². The van der Waals surface area contributed by atoms with Crippen LogP contribution in [0.25, 0.3) is 11.2 Å². The molecule has 0 bridgehead atoms. The van der Waals surface area contributed by atoms with Crippen LogP contribution in [0.5, 0.6) is 0 Å². The Morgan fingerprint density at radius 2 is 1.72 bits per heavy atom. The molecular formula is C30H46N6O7SeSi2. The van der Waals surface area contributed by atoms with Gasteiger partial charge in [-0.05, 0) is 0 Å². The van der Waals surface area contributed by atoms with Gasteiger partial charge in [-0.3, -0.25) is 0 Å². The molecule has 2 fully saturated rings. The standard InChI is InChI=1S/C30H46N6O7SeSi2/c1-18(2)45(19(3)4)40-14-24-26(42-46(43-45,20(5)6)21(7)8)27(44-17-39-13-22-11-9-10-12-23(22)36(37)38)30(41-24)35-16-34-25-28(31)32-15-33-29(25)35/h9-12,15-16,18-21,24,26-27,30H,13-14,17H2,1-8H3,(H2,31,32,33)/t24-,26+,27?,30-/m1/s1. The van der Waals surface area contributed by atoms with Crippen LogP contribution >= 0.6 is 0 Å². The van der Waals surface area contributed by atoms with Crippen LogP contribution in [-0.4, -0.2) is 80.8 Å². The predicted octanol–water partition coefficient (Wildman–Crippen LogP) is 5.84. The average molecular weight is 738 g/mol. The molecule has 4 atom stereocenters. The second-order valence-corrected chi connectivity index (χ2v) is 24.4. The Morgan fingerprint density at radius 1 is 1.04 bits per heavy atom. The van der Waals surface area contributed by atoms with Gasteiger partial charge in [0, 0.05) is 0 Å². The predicted molar refractivity (Wildman–Crippen MR) is 180 cm³/mol. The molecule has 1 aromatic carbocycles. The van der Waals surface area contributed by atoms with Gasteiger partial charge in [-0.25, -0.2) is 0 Å². The molecule has 0 aliphatic carbocycles. The molecule has 2 aliphatic rings. The number of nitro benzene ring substituents is 1. The summed E-state index contributed by atoms with van der Waals surface area (Å²) in [6.45, 7) is 18.1. The SMILES string of the molecule is CC(C)[Si]1(C(C)C)OC[C@H]2O[C@@H](n3cnc4c(N)ncnc43)C([Se]COCc3ccccc3[N+](=O)[O-])[C@H]2O[Si](C(C)C)(C(C)C)O1. The number of ether oxygens (including phenoxy) is 2. The van der Waals surface area contributed by atoms with Crippen LogP contribution in [0.4, 0.5) is 11.5 Å². The summed E-state index contributed by atoms with van der Waals surface area (Å²) in [6, 6.07) is 6.66. The minimum absolute atomic E-state index is 0.0459. The quantitative estimate of drug-likeness (QED) is 0.109. The number of hydrogen-bond donors (Lipinski definition) is 1. The molecule has 2 aromatic heterocycles. The Balaban J connectivity index is 1.52. The van der Waals surface area contributed by atoms with Gasteiger partial charge >= 0.3 is 279 Å². The van der Waals surface area contributed by atoms with Crippen LogP contribution in [0.3, 0.4) is 0 Å². The molecule has 46 heavy (non-hydrogen) atoms. The number of rotatable bonds is 11. The fourth-order valence-corrected chi connectivity index (χ4v) is 20.5. The van der Waals surface area contributed by atoms with E-state index in [1.807, 2.05) is 4.57 Å². The van der Waals surface area contributed by atoms with Crippen LogP contribution in [0.2, 0.25) is 27.0 Å². The molecular weight excluding hydrogens is 691 g/mol. The van der Waals surface area contributed by atoms with Crippen molar-refractivity contribution in [2.45, 2.75) is 107 Å². The number of anilines is 1. The summed E-state index contributed by atoms with van der Waals surface area (Å²) in [4.78, 5) is 24.2. The van der Waals surface area contributed by atoms with Crippen LogP contribution in [0, 0.1) is 10.1 Å². The van der Waals surface area contributed by atoms with Gasteiger partial charge in [0.05, 0.1) is 0 Å². The van der Waals surface area contributed by atoms with E-state index in [1.54, 1.807) is 24.5 Å². The summed E-state index contributed by atoms with van der Waals surface area (Å²) in [7, 11) is -5.69. The first-order chi connectivity index (χ1) is 21.8. The van der Waals surface area contributed by atoms with Crippen LogP contribution in [-0.2, 0) is 29.0 Å². The Morgan fingerprint density at radius 3 is 2.37 bits per heavy atom. The molecule has 5 rings (SSSR count). The summed E-state index contributed by atoms with van der Waals surface area (Å²) >= 11 is -0.194. The van der Waals surface area contributed by atoms with E-state index in [2.05, 4.69) is 70.3 Å². The number of imidazole rings is 1. The maximum absolute atomic E-state index is 11.6. The van der Waals surface area contributed by atoms with E-state index in [9.17, 15) is 10.1 Å². The number of benzene rings is 1. The average Bonchev–Trinajstić information content (AvgIpc) is 3.56. The topological polar surface area (TPSA) is 159 Å². The van der Waals surface area contributed by atoms with Crippen molar-refractivity contribution >= 4 is 54.7 Å². The summed E-state index contributed by atoms with van der Waals surface area (Å²) < 4.78 is 36.8. The van der Waals surface area contributed by atoms with Gasteiger partial charge in [0.15, 0.2) is 0 Å². The third-order valence-corrected chi connectivity index (χ3v) is 21.8. The monoisotopic (exact) mass is 738 g/mol. The summed E-state index contributed by atoms with van der Waals surface area (Å²) in [5, 5.41) is 11.6. The first-order valence-electron chi connectivity index (χ1n) is 15.8. The van der Waals surface area contributed by atoms with Gasteiger partial charge in [-0.2, -0.15) is 0 Å². The first-order valence-corrected chi connectivity index (χ1v) is 22.0. The van der Waals surface area contributed by atoms with Crippen LogP contribution in [0.1, 0.15) is 67.2 Å². The molecule has 16 heteroatoms. The molecule has 4 heterocycles. The summed E-state index contributed by atoms with van der Waals surface area (Å²) in [5.74, 6) is 0.297. The van der Waals surface area contributed by atoms with Crippen molar-refractivity contribution in [1.29, 1.82) is 0 Å². The second-order valence-electron chi connectivity index (χ2n) is 13.2. The van der Waals surface area contributed by atoms with E-state index in [0.717, 1.165) is 0 Å². The van der Waals surface area contributed by atoms with E-state index in [1.165, 1.54) is 12.4 Å².